The molecule has 4 rings (SSSR count). The van der Waals surface area contributed by atoms with Crippen LogP contribution in [0, 0.1) is 4.64 Å². The molecule has 3 heterocycles. The summed E-state index contributed by atoms with van der Waals surface area (Å²) >= 11 is 5.48. The van der Waals surface area contributed by atoms with Gasteiger partial charge in [0.15, 0.2) is 5.65 Å². The maximum absolute atomic E-state index is 5.48. The van der Waals surface area contributed by atoms with E-state index in [1.165, 1.54) is 0 Å². The van der Waals surface area contributed by atoms with Crippen molar-refractivity contribution in [3.8, 4) is 22.5 Å². The van der Waals surface area contributed by atoms with Crippen molar-refractivity contribution < 1.29 is 0 Å². The monoisotopic (exact) mass is 304 g/mol. The molecule has 0 bridgehead atoms. The maximum Gasteiger partial charge on any atom is 0.155 e. The molecule has 0 fully saturated rings. The lowest BCUT2D eigenvalue weighted by Gasteiger charge is -2.01. The zero-order valence-corrected chi connectivity index (χ0v) is 12.4. The van der Waals surface area contributed by atoms with E-state index in [4.69, 9.17) is 17.2 Å². The summed E-state index contributed by atoms with van der Waals surface area (Å²) in [5.41, 5.74) is 4.67. The molecular weight excluding hydrogens is 292 g/mol. The van der Waals surface area contributed by atoms with Crippen LogP contribution in [-0.4, -0.2) is 19.6 Å². The predicted molar refractivity (Wildman–Crippen MR) is 89.0 cm³/mol. The second-order valence-corrected chi connectivity index (χ2v) is 5.37. The molecule has 4 nitrogen and oxygen atoms in total. The molecule has 3 aromatic heterocycles. The van der Waals surface area contributed by atoms with Gasteiger partial charge in [-0.3, -0.25) is 10.1 Å². The van der Waals surface area contributed by atoms with E-state index in [1.54, 1.807) is 6.20 Å². The van der Waals surface area contributed by atoms with E-state index in [-0.39, 0.29) is 0 Å². The molecule has 1 N–H and O–H groups in total. The van der Waals surface area contributed by atoms with Crippen molar-refractivity contribution in [2.45, 2.75) is 0 Å². The van der Waals surface area contributed by atoms with Crippen LogP contribution in [-0.2, 0) is 0 Å². The van der Waals surface area contributed by atoms with Gasteiger partial charge < -0.3 is 0 Å². The van der Waals surface area contributed by atoms with Gasteiger partial charge in [-0.2, -0.15) is 0 Å². The lowest BCUT2D eigenvalue weighted by Crippen LogP contribution is -1.94. The van der Waals surface area contributed by atoms with Gasteiger partial charge in [0.1, 0.15) is 4.64 Å². The van der Waals surface area contributed by atoms with Crippen LogP contribution in [0.1, 0.15) is 0 Å². The number of aromatic nitrogens is 4. The fourth-order valence-electron chi connectivity index (χ4n) is 2.42. The van der Waals surface area contributed by atoms with Gasteiger partial charge in [-0.1, -0.05) is 42.5 Å². The first-order valence-electron chi connectivity index (χ1n) is 6.90. The molecule has 0 spiro atoms. The van der Waals surface area contributed by atoms with Gasteiger partial charge in [-0.05, 0) is 12.1 Å². The number of rotatable bonds is 2. The highest BCUT2D eigenvalue weighted by Crippen LogP contribution is 2.21. The zero-order valence-electron chi connectivity index (χ0n) is 11.6. The Morgan fingerprint density at radius 1 is 0.955 bits per heavy atom. The molecule has 5 heteroatoms. The molecule has 0 unspecified atom stereocenters. The van der Waals surface area contributed by atoms with Crippen molar-refractivity contribution in [3.63, 3.8) is 0 Å². The van der Waals surface area contributed by atoms with Crippen LogP contribution >= 0.6 is 12.2 Å². The van der Waals surface area contributed by atoms with Crippen molar-refractivity contribution in [1.82, 2.24) is 19.6 Å². The summed E-state index contributed by atoms with van der Waals surface area (Å²) in [4.78, 5) is 8.84. The smallest absolute Gasteiger partial charge is 0.155 e. The number of benzene rings is 1. The normalized spacial score (nSPS) is 10.9. The minimum atomic E-state index is 0.694. The Bertz CT molecular complexity index is 988. The summed E-state index contributed by atoms with van der Waals surface area (Å²) in [6.07, 6.45) is 3.57. The molecule has 0 saturated heterocycles. The molecule has 0 amide bonds. The zero-order chi connectivity index (χ0) is 14.9. The highest BCUT2D eigenvalue weighted by Gasteiger charge is 2.07. The van der Waals surface area contributed by atoms with Gasteiger partial charge in [0.25, 0.3) is 0 Å². The molecule has 106 valence electrons. The number of nitrogens with one attached hydrogen (secondary N) is 1. The van der Waals surface area contributed by atoms with Crippen LogP contribution in [0.2, 0.25) is 0 Å². The second-order valence-electron chi connectivity index (χ2n) is 4.95. The number of H-pyrrole nitrogens is 1. The van der Waals surface area contributed by atoms with Gasteiger partial charge >= 0.3 is 0 Å². The Balaban J connectivity index is 1.91. The third kappa shape index (κ3) is 2.21. The van der Waals surface area contributed by atoms with Crippen molar-refractivity contribution in [2.24, 2.45) is 0 Å². The average Bonchev–Trinajstić information content (AvgIpc) is 3.01. The van der Waals surface area contributed by atoms with E-state index in [0.717, 1.165) is 28.2 Å². The highest BCUT2D eigenvalue weighted by molar-refractivity contribution is 7.71. The van der Waals surface area contributed by atoms with Gasteiger partial charge in [0.2, 0.25) is 0 Å². The molecule has 1 aromatic carbocycles. The van der Waals surface area contributed by atoms with Gasteiger partial charge in [0.05, 0.1) is 11.4 Å². The molecule has 22 heavy (non-hydrogen) atoms. The van der Waals surface area contributed by atoms with Crippen molar-refractivity contribution in [1.29, 1.82) is 0 Å². The molecule has 0 radical (unpaired) electrons. The van der Waals surface area contributed by atoms with Crippen LogP contribution in [0.25, 0.3) is 28.2 Å². The SMILES string of the molecule is S=c1cc(-c2ccccc2)nc2cc(-c3cccnc3)[nH]n12. The fourth-order valence-corrected chi connectivity index (χ4v) is 2.67. The number of aromatic amines is 1. The van der Waals surface area contributed by atoms with E-state index in [1.807, 2.05) is 65.3 Å². The van der Waals surface area contributed by atoms with Crippen LogP contribution in [0.5, 0.6) is 0 Å². The fraction of sp³-hybridized carbons (Fsp3) is 0. The van der Waals surface area contributed by atoms with Crippen LogP contribution in [0.15, 0.2) is 67.0 Å². The Morgan fingerprint density at radius 3 is 2.55 bits per heavy atom. The number of hydrogen-bond acceptors (Lipinski definition) is 3. The lowest BCUT2D eigenvalue weighted by atomic mass is 10.1. The Hall–Kier alpha value is -2.79. The van der Waals surface area contributed by atoms with E-state index < -0.39 is 0 Å². The van der Waals surface area contributed by atoms with E-state index in [2.05, 4.69) is 10.1 Å². The first-order valence-corrected chi connectivity index (χ1v) is 7.31. The largest absolute Gasteiger partial charge is 0.291 e. The average molecular weight is 304 g/mol. The summed E-state index contributed by atoms with van der Waals surface area (Å²) < 4.78 is 2.50. The van der Waals surface area contributed by atoms with Crippen LogP contribution in [0.3, 0.4) is 0 Å². The van der Waals surface area contributed by atoms with Crippen LogP contribution in [0.4, 0.5) is 0 Å². The van der Waals surface area contributed by atoms with E-state index >= 15 is 0 Å². The minimum absolute atomic E-state index is 0.694. The van der Waals surface area contributed by atoms with Gasteiger partial charge in [0, 0.05) is 35.7 Å². The molecule has 0 aliphatic heterocycles. The Labute approximate surface area is 132 Å². The van der Waals surface area contributed by atoms with Gasteiger partial charge in [-0.25, -0.2) is 9.50 Å². The second kappa shape index (κ2) is 5.20. The summed E-state index contributed by atoms with van der Waals surface area (Å²) in [6, 6.07) is 17.8. The number of pyridine rings is 1. The van der Waals surface area contributed by atoms with Crippen molar-refractivity contribution in [2.75, 3.05) is 0 Å². The minimum Gasteiger partial charge on any atom is -0.291 e. The standard InChI is InChI=1S/C17H12N4S/c22-17-10-14(12-5-2-1-3-6-12)19-16-9-15(20-21(16)17)13-7-4-8-18-11-13/h1-11,20H. The summed E-state index contributed by atoms with van der Waals surface area (Å²) in [7, 11) is 0. The number of nitrogens with zero attached hydrogens (tertiary/aromatic N) is 3. The summed E-state index contributed by atoms with van der Waals surface area (Å²) in [6.45, 7) is 0. The van der Waals surface area contributed by atoms with Crippen LogP contribution < -0.4 is 0 Å². The third-order valence-corrected chi connectivity index (χ3v) is 3.79. The Morgan fingerprint density at radius 2 is 1.77 bits per heavy atom. The number of hydrogen-bond donors (Lipinski definition) is 1. The lowest BCUT2D eigenvalue weighted by molar-refractivity contribution is 0.929. The number of fused-ring (bicyclic) bond motifs is 1. The van der Waals surface area contributed by atoms with E-state index in [0.29, 0.717) is 4.64 Å². The maximum atomic E-state index is 5.48. The summed E-state index contributed by atoms with van der Waals surface area (Å²) in [5.74, 6) is 0. The van der Waals surface area contributed by atoms with E-state index in [9.17, 15) is 0 Å². The topological polar surface area (TPSA) is 46.0 Å². The summed E-state index contributed by atoms with van der Waals surface area (Å²) in [5, 5.41) is 3.27. The Kier molecular flexibility index (Phi) is 3.05. The van der Waals surface area contributed by atoms with Crippen molar-refractivity contribution >= 4 is 17.9 Å². The van der Waals surface area contributed by atoms with Crippen molar-refractivity contribution in [3.05, 3.63) is 71.6 Å². The van der Waals surface area contributed by atoms with Gasteiger partial charge in [-0.15, -0.1) is 0 Å². The predicted octanol–water partition coefficient (Wildman–Crippen LogP) is 4.12. The molecular formula is C17H12N4S. The highest BCUT2D eigenvalue weighted by atomic mass is 32.1. The molecule has 0 aliphatic carbocycles. The third-order valence-electron chi connectivity index (χ3n) is 3.49. The quantitative estimate of drug-likeness (QED) is 0.567. The first-order chi connectivity index (χ1) is 10.8. The first kappa shape index (κ1) is 12.9. The molecule has 0 atom stereocenters. The molecule has 4 aromatic rings. The molecule has 0 saturated carbocycles. The molecule has 0 aliphatic rings.